The molecule has 0 atom stereocenters. The highest BCUT2D eigenvalue weighted by atomic mass is 19.1. The molecule has 2 rings (SSSR count). The minimum absolute atomic E-state index is 0.0644. The van der Waals surface area contributed by atoms with Crippen LogP contribution in [0, 0.1) is 17.1 Å². The van der Waals surface area contributed by atoms with Gasteiger partial charge in [0, 0.05) is 6.07 Å². The average molecular weight is 223 g/mol. The van der Waals surface area contributed by atoms with Crippen LogP contribution in [-0.4, -0.2) is 20.3 Å². The van der Waals surface area contributed by atoms with Crippen LogP contribution in [0.2, 0.25) is 0 Å². The summed E-state index contributed by atoms with van der Waals surface area (Å²) in [4.78, 5) is 0. The lowest BCUT2D eigenvalue weighted by Gasteiger charge is -2.21. The smallest absolute Gasteiger partial charge is 0.173 e. The Bertz CT molecular complexity index is 454. The Morgan fingerprint density at radius 2 is 2.25 bits per heavy atom. The summed E-state index contributed by atoms with van der Waals surface area (Å²) in [6, 6.07) is 3.33. The molecule has 1 aromatic carbocycles. The summed E-state index contributed by atoms with van der Waals surface area (Å²) in [5, 5.41) is 8.66. The molecule has 1 aliphatic heterocycles. The Balaban J connectivity index is 2.58. The Kier molecular flexibility index (Phi) is 2.82. The maximum absolute atomic E-state index is 13.8. The van der Waals surface area contributed by atoms with Crippen molar-refractivity contribution in [1.29, 1.82) is 5.26 Å². The number of hydrogen-bond acceptors (Lipinski definition) is 4. The molecule has 0 N–H and O–H groups in total. The van der Waals surface area contributed by atoms with E-state index in [-0.39, 0.29) is 17.7 Å². The summed E-state index contributed by atoms with van der Waals surface area (Å²) in [7, 11) is 1.37. The molecule has 0 aliphatic carbocycles. The van der Waals surface area contributed by atoms with E-state index in [9.17, 15) is 4.39 Å². The maximum Gasteiger partial charge on any atom is 0.173 e. The Labute approximate surface area is 92.1 Å². The molecule has 16 heavy (non-hydrogen) atoms. The Morgan fingerprint density at radius 1 is 1.50 bits per heavy atom. The number of methoxy groups -OCH3 is 1. The van der Waals surface area contributed by atoms with Gasteiger partial charge in [-0.25, -0.2) is 4.39 Å². The zero-order valence-corrected chi connectivity index (χ0v) is 8.75. The number of rotatable bonds is 2. The van der Waals surface area contributed by atoms with Gasteiger partial charge < -0.3 is 14.2 Å². The molecule has 84 valence electrons. The van der Waals surface area contributed by atoms with Crippen molar-refractivity contribution in [2.75, 3.05) is 20.3 Å². The molecule has 0 unspecified atom stereocenters. The summed E-state index contributed by atoms with van der Waals surface area (Å²) >= 11 is 0. The van der Waals surface area contributed by atoms with E-state index in [1.165, 1.54) is 13.2 Å². The van der Waals surface area contributed by atoms with Gasteiger partial charge >= 0.3 is 0 Å². The van der Waals surface area contributed by atoms with Crippen molar-refractivity contribution in [3.8, 4) is 23.3 Å². The SMILES string of the molecule is COc1cc2c(c(CC#N)c1F)OCCO2. The van der Waals surface area contributed by atoms with Crippen LogP contribution >= 0.6 is 0 Å². The molecule has 0 bridgehead atoms. The topological polar surface area (TPSA) is 51.5 Å². The molecule has 1 aliphatic rings. The molecule has 0 fully saturated rings. The van der Waals surface area contributed by atoms with Crippen molar-refractivity contribution >= 4 is 0 Å². The molecule has 1 heterocycles. The first kappa shape index (κ1) is 10.6. The first-order valence-corrected chi connectivity index (χ1v) is 4.80. The van der Waals surface area contributed by atoms with Crippen LogP contribution in [0.4, 0.5) is 4.39 Å². The monoisotopic (exact) mass is 223 g/mol. The molecule has 0 saturated carbocycles. The zero-order valence-electron chi connectivity index (χ0n) is 8.75. The van der Waals surface area contributed by atoms with Gasteiger partial charge in [0.2, 0.25) is 0 Å². The number of benzene rings is 1. The summed E-state index contributed by atoms with van der Waals surface area (Å²) in [6.07, 6.45) is -0.0747. The van der Waals surface area contributed by atoms with Crippen LogP contribution in [0.15, 0.2) is 6.07 Å². The normalized spacial score (nSPS) is 13.1. The van der Waals surface area contributed by atoms with Gasteiger partial charge in [0.05, 0.1) is 25.2 Å². The minimum atomic E-state index is -0.562. The summed E-state index contributed by atoms with van der Waals surface area (Å²) in [6.45, 7) is 0.769. The third kappa shape index (κ3) is 1.63. The number of nitriles is 1. The second kappa shape index (κ2) is 4.27. The lowest BCUT2D eigenvalue weighted by atomic mass is 10.1. The van der Waals surface area contributed by atoms with Gasteiger partial charge in [-0.3, -0.25) is 0 Å². The molecule has 1 aromatic rings. The molecule has 4 nitrogen and oxygen atoms in total. The highest BCUT2D eigenvalue weighted by molar-refractivity contribution is 5.54. The van der Waals surface area contributed by atoms with E-state index in [1.54, 1.807) is 0 Å². The summed E-state index contributed by atoms with van der Waals surface area (Å²) < 4.78 is 29.4. The molecule has 0 aromatic heterocycles. The highest BCUT2D eigenvalue weighted by Crippen LogP contribution is 2.40. The Hall–Kier alpha value is -1.96. The highest BCUT2D eigenvalue weighted by Gasteiger charge is 2.23. The van der Waals surface area contributed by atoms with E-state index in [1.807, 2.05) is 6.07 Å². The number of ether oxygens (including phenoxy) is 3. The lowest BCUT2D eigenvalue weighted by Crippen LogP contribution is -2.17. The van der Waals surface area contributed by atoms with Crippen molar-refractivity contribution in [3.05, 3.63) is 17.4 Å². The number of hydrogen-bond donors (Lipinski definition) is 0. The average Bonchev–Trinajstić information content (AvgIpc) is 2.32. The van der Waals surface area contributed by atoms with E-state index in [0.717, 1.165) is 0 Å². The molecule has 5 heteroatoms. The minimum Gasteiger partial charge on any atom is -0.494 e. The first-order valence-electron chi connectivity index (χ1n) is 4.80. The number of halogens is 1. The van der Waals surface area contributed by atoms with Crippen LogP contribution in [0.1, 0.15) is 5.56 Å². The molecular weight excluding hydrogens is 213 g/mol. The molecule has 0 saturated heterocycles. The fourth-order valence-electron chi connectivity index (χ4n) is 1.59. The van der Waals surface area contributed by atoms with E-state index >= 15 is 0 Å². The van der Waals surface area contributed by atoms with Crippen molar-refractivity contribution in [3.63, 3.8) is 0 Å². The number of fused-ring (bicyclic) bond motifs is 1. The van der Waals surface area contributed by atoms with Crippen LogP contribution in [-0.2, 0) is 6.42 Å². The first-order chi connectivity index (χ1) is 7.77. The third-order valence-corrected chi connectivity index (χ3v) is 2.30. The second-order valence-corrected chi connectivity index (χ2v) is 3.23. The van der Waals surface area contributed by atoms with Gasteiger partial charge in [-0.2, -0.15) is 5.26 Å². The van der Waals surface area contributed by atoms with E-state index < -0.39 is 5.82 Å². The van der Waals surface area contributed by atoms with Gasteiger partial charge in [-0.15, -0.1) is 0 Å². The second-order valence-electron chi connectivity index (χ2n) is 3.23. The van der Waals surface area contributed by atoms with Crippen molar-refractivity contribution < 1.29 is 18.6 Å². The van der Waals surface area contributed by atoms with E-state index in [0.29, 0.717) is 24.7 Å². The van der Waals surface area contributed by atoms with E-state index in [2.05, 4.69) is 0 Å². The lowest BCUT2D eigenvalue weighted by molar-refractivity contribution is 0.168. The van der Waals surface area contributed by atoms with Gasteiger partial charge in [0.25, 0.3) is 0 Å². The Morgan fingerprint density at radius 3 is 2.94 bits per heavy atom. The molecule has 0 radical (unpaired) electrons. The summed E-state index contributed by atoms with van der Waals surface area (Å²) in [5.74, 6) is 0.239. The van der Waals surface area contributed by atoms with Crippen LogP contribution in [0.3, 0.4) is 0 Å². The van der Waals surface area contributed by atoms with Gasteiger partial charge in [0.15, 0.2) is 23.1 Å². The van der Waals surface area contributed by atoms with E-state index in [4.69, 9.17) is 19.5 Å². The van der Waals surface area contributed by atoms with Crippen LogP contribution in [0.25, 0.3) is 0 Å². The largest absolute Gasteiger partial charge is 0.494 e. The van der Waals surface area contributed by atoms with Crippen molar-refractivity contribution in [2.45, 2.75) is 6.42 Å². The quantitative estimate of drug-likeness (QED) is 0.765. The molecule has 0 amide bonds. The third-order valence-electron chi connectivity index (χ3n) is 2.30. The standard InChI is InChI=1S/C11H10FNO3/c1-14-8-6-9-11(16-5-4-15-9)7(2-3-13)10(8)12/h6H,2,4-5H2,1H3. The predicted molar refractivity (Wildman–Crippen MR) is 53.3 cm³/mol. The van der Waals surface area contributed by atoms with Crippen molar-refractivity contribution in [2.24, 2.45) is 0 Å². The summed E-state index contributed by atoms with van der Waals surface area (Å²) in [5.41, 5.74) is 0.191. The number of nitrogens with zero attached hydrogens (tertiary/aromatic N) is 1. The van der Waals surface area contributed by atoms with Crippen LogP contribution in [0.5, 0.6) is 17.2 Å². The fraction of sp³-hybridized carbons (Fsp3) is 0.364. The van der Waals surface area contributed by atoms with Crippen LogP contribution < -0.4 is 14.2 Å². The van der Waals surface area contributed by atoms with Crippen molar-refractivity contribution in [1.82, 2.24) is 0 Å². The van der Waals surface area contributed by atoms with Gasteiger partial charge in [-0.1, -0.05) is 0 Å². The van der Waals surface area contributed by atoms with Gasteiger partial charge in [0.1, 0.15) is 13.2 Å². The molecular formula is C11H10FNO3. The molecule has 0 spiro atoms. The van der Waals surface area contributed by atoms with Gasteiger partial charge in [-0.05, 0) is 0 Å². The maximum atomic E-state index is 13.8. The predicted octanol–water partition coefficient (Wildman–Crippen LogP) is 1.67. The zero-order chi connectivity index (χ0) is 11.5. The fourth-order valence-corrected chi connectivity index (χ4v) is 1.59.